The third kappa shape index (κ3) is 13.9. The predicted octanol–water partition coefficient (Wildman–Crippen LogP) is -1.42. The van der Waals surface area contributed by atoms with E-state index in [1.165, 1.54) is 69.8 Å². The molecule has 2 fully saturated rings. The molecule has 12 heteroatoms. The van der Waals surface area contributed by atoms with E-state index in [2.05, 4.69) is 0 Å². The van der Waals surface area contributed by atoms with Gasteiger partial charge in [-0.05, 0) is 60.4 Å². The van der Waals surface area contributed by atoms with Crippen molar-refractivity contribution in [1.82, 2.24) is 0 Å². The molecule has 0 bridgehead atoms. The molecule has 0 amide bonds. The first-order valence-electron chi connectivity index (χ1n) is 13.9. The first-order valence-corrected chi connectivity index (χ1v) is 13.9. The normalized spacial score (nSPS) is 19.2. The maximum Gasteiger partial charge on any atom is 0.328 e. The van der Waals surface area contributed by atoms with E-state index in [9.17, 15) is 38.2 Å². The molecule has 0 radical (unpaired) electrons. The van der Waals surface area contributed by atoms with Gasteiger partial charge in [-0.15, -0.1) is 0 Å². The van der Waals surface area contributed by atoms with Gasteiger partial charge in [-0.3, -0.25) is 0 Å². The molecule has 2 heterocycles. The van der Waals surface area contributed by atoms with Crippen molar-refractivity contribution in [1.29, 1.82) is 0 Å². The highest BCUT2D eigenvalue weighted by Gasteiger charge is 2.36. The highest BCUT2D eigenvalue weighted by molar-refractivity contribution is 5.89. The Labute approximate surface area is 248 Å². The lowest BCUT2D eigenvalue weighted by Gasteiger charge is -2.32. The molecule has 2 aliphatic rings. The summed E-state index contributed by atoms with van der Waals surface area (Å²) in [5.74, 6) is -5.83. The van der Waals surface area contributed by atoms with Crippen molar-refractivity contribution in [2.75, 3.05) is 32.7 Å². The SMILES string of the molecule is Fc1ccc(C(CCC[NH+]2CC[NH+]3CCCC3C2)c2ccc(F)cc2)cc1.O=C([O-])/C=C\C(=O)O.O=C([O-])/C=C\C(=O)O. The molecule has 0 saturated carbocycles. The van der Waals surface area contributed by atoms with Gasteiger partial charge in [-0.2, -0.15) is 0 Å². The summed E-state index contributed by atoms with van der Waals surface area (Å²) in [6.45, 7) is 6.48. The van der Waals surface area contributed by atoms with Crippen LogP contribution in [0, 0.1) is 11.6 Å². The number of hydrogen-bond acceptors (Lipinski definition) is 6. The minimum atomic E-state index is -1.51. The van der Waals surface area contributed by atoms with Gasteiger partial charge in [-0.1, -0.05) is 24.3 Å². The van der Waals surface area contributed by atoms with Crippen LogP contribution in [0.3, 0.4) is 0 Å². The zero-order valence-corrected chi connectivity index (χ0v) is 23.5. The summed E-state index contributed by atoms with van der Waals surface area (Å²) in [6.07, 6.45) is 6.82. The van der Waals surface area contributed by atoms with Crippen LogP contribution in [0.1, 0.15) is 42.7 Å². The molecular weight excluding hydrogens is 566 g/mol. The number of fused-ring (bicyclic) bond motifs is 1. The number of aliphatic carboxylic acids is 4. The Hall–Kier alpha value is -4.42. The zero-order chi connectivity index (χ0) is 31.8. The average molecular weight is 603 g/mol. The second-order valence-corrected chi connectivity index (χ2v) is 10.2. The van der Waals surface area contributed by atoms with Crippen LogP contribution >= 0.6 is 0 Å². The van der Waals surface area contributed by atoms with Crippen molar-refractivity contribution in [3.63, 3.8) is 0 Å². The Morgan fingerprint density at radius 3 is 1.70 bits per heavy atom. The van der Waals surface area contributed by atoms with Crippen molar-refractivity contribution < 1.29 is 58.2 Å². The van der Waals surface area contributed by atoms with Crippen LogP contribution in [-0.4, -0.2) is 72.9 Å². The van der Waals surface area contributed by atoms with Crippen molar-refractivity contribution >= 4 is 23.9 Å². The predicted molar refractivity (Wildman–Crippen MR) is 147 cm³/mol. The summed E-state index contributed by atoms with van der Waals surface area (Å²) in [4.78, 5) is 41.5. The Bertz CT molecular complexity index is 1150. The number of quaternary nitrogens is 2. The van der Waals surface area contributed by atoms with Gasteiger partial charge >= 0.3 is 11.9 Å². The average Bonchev–Trinajstić information content (AvgIpc) is 3.43. The highest BCUT2D eigenvalue weighted by Crippen LogP contribution is 2.29. The number of carbonyl (C=O) groups excluding carboxylic acids is 2. The monoisotopic (exact) mass is 602 g/mol. The number of nitrogens with one attached hydrogen (secondary N) is 2. The van der Waals surface area contributed by atoms with E-state index in [1.54, 1.807) is 4.90 Å². The van der Waals surface area contributed by atoms with Crippen molar-refractivity contribution in [2.24, 2.45) is 0 Å². The molecule has 0 aliphatic carbocycles. The van der Waals surface area contributed by atoms with Gasteiger partial charge in [0, 0.05) is 30.9 Å². The van der Waals surface area contributed by atoms with Crippen LogP contribution in [0.2, 0.25) is 0 Å². The summed E-state index contributed by atoms with van der Waals surface area (Å²) < 4.78 is 26.7. The van der Waals surface area contributed by atoms with Gasteiger partial charge in [0.25, 0.3) is 0 Å². The second-order valence-electron chi connectivity index (χ2n) is 10.2. The number of halogens is 2. The number of rotatable bonds is 10. The van der Waals surface area contributed by atoms with Gasteiger partial charge < -0.3 is 39.8 Å². The van der Waals surface area contributed by atoms with E-state index in [1.807, 2.05) is 29.2 Å². The third-order valence-electron chi connectivity index (χ3n) is 7.25. The van der Waals surface area contributed by atoms with Crippen LogP contribution in [-0.2, 0) is 19.2 Å². The summed E-state index contributed by atoms with van der Waals surface area (Å²) in [5, 5.41) is 34.5. The maximum absolute atomic E-state index is 13.4. The van der Waals surface area contributed by atoms with Crippen molar-refractivity contribution in [2.45, 2.75) is 37.6 Å². The number of benzene rings is 2. The number of piperazine rings is 1. The zero-order valence-electron chi connectivity index (χ0n) is 23.5. The molecule has 10 nitrogen and oxygen atoms in total. The Kier molecular flexibility index (Phi) is 14.7. The molecular formula is C31H36F2N2O8. The molecule has 3 unspecified atom stereocenters. The van der Waals surface area contributed by atoms with Gasteiger partial charge in [0.05, 0.1) is 25.0 Å². The first kappa shape index (κ1) is 34.8. The lowest BCUT2D eigenvalue weighted by Crippen LogP contribution is -3.29. The quantitative estimate of drug-likeness (QED) is 0.241. The standard InChI is InChI=1S/C23H28F2N2.2C4H4O4/c24-20-9-5-18(6-10-20)23(19-7-11-21(25)12-8-19)4-2-13-26-15-16-27-14-1-3-22(27)17-26;2*5-3(6)1-2-4(7)8/h5-12,22-23H,1-4,13-17H2;2*1-2H,(H,5,6)(H,7,8)/b;2*2-1-. The summed E-state index contributed by atoms with van der Waals surface area (Å²) >= 11 is 0. The topological polar surface area (TPSA) is 164 Å². The van der Waals surface area contributed by atoms with E-state index < -0.39 is 23.9 Å². The second kappa shape index (κ2) is 18.2. The fraction of sp³-hybridized carbons (Fsp3) is 0.355. The van der Waals surface area contributed by atoms with E-state index >= 15 is 0 Å². The van der Waals surface area contributed by atoms with Crippen molar-refractivity contribution in [3.05, 3.63) is 95.6 Å². The molecule has 2 aromatic rings. The van der Waals surface area contributed by atoms with Gasteiger partial charge in [0.2, 0.25) is 0 Å². The largest absolute Gasteiger partial charge is 0.545 e. The fourth-order valence-electron chi connectivity index (χ4n) is 5.33. The number of carbonyl (C=O) groups is 4. The maximum atomic E-state index is 13.4. The molecule has 43 heavy (non-hydrogen) atoms. The number of hydrogen-bond donors (Lipinski definition) is 4. The van der Waals surface area contributed by atoms with E-state index in [4.69, 9.17) is 10.2 Å². The van der Waals surface area contributed by atoms with E-state index in [0.29, 0.717) is 24.3 Å². The van der Waals surface area contributed by atoms with Crippen LogP contribution in [0.15, 0.2) is 72.8 Å². The molecule has 3 atom stereocenters. The fourth-order valence-corrected chi connectivity index (χ4v) is 5.33. The summed E-state index contributed by atoms with van der Waals surface area (Å²) in [7, 11) is 0. The third-order valence-corrected chi connectivity index (χ3v) is 7.25. The number of carboxylic acid groups (broad SMARTS) is 4. The smallest absolute Gasteiger partial charge is 0.328 e. The molecule has 4 N–H and O–H groups in total. The molecule has 2 aromatic carbocycles. The molecule has 0 spiro atoms. The highest BCUT2D eigenvalue weighted by atomic mass is 19.1. The van der Waals surface area contributed by atoms with Gasteiger partial charge in [0.15, 0.2) is 0 Å². The lowest BCUT2D eigenvalue weighted by molar-refractivity contribution is -1.02. The Balaban J connectivity index is 0.000000334. The Morgan fingerprint density at radius 2 is 1.28 bits per heavy atom. The lowest BCUT2D eigenvalue weighted by atomic mass is 9.87. The minimum Gasteiger partial charge on any atom is -0.545 e. The molecule has 232 valence electrons. The van der Waals surface area contributed by atoms with Crippen molar-refractivity contribution in [3.8, 4) is 0 Å². The van der Waals surface area contributed by atoms with Crippen LogP contribution in [0.25, 0.3) is 0 Å². The van der Waals surface area contributed by atoms with Gasteiger partial charge in [-0.25, -0.2) is 18.4 Å². The summed E-state index contributed by atoms with van der Waals surface area (Å²) in [6, 6.07) is 14.5. The first-order chi connectivity index (χ1) is 20.4. The van der Waals surface area contributed by atoms with Crippen LogP contribution < -0.4 is 20.0 Å². The van der Waals surface area contributed by atoms with E-state index in [-0.39, 0.29) is 17.6 Å². The molecule has 2 aliphatic heterocycles. The number of carboxylic acids is 4. The van der Waals surface area contributed by atoms with Crippen LogP contribution in [0.4, 0.5) is 8.78 Å². The van der Waals surface area contributed by atoms with Gasteiger partial charge in [0.1, 0.15) is 37.3 Å². The summed E-state index contributed by atoms with van der Waals surface area (Å²) in [5.41, 5.74) is 2.23. The minimum absolute atomic E-state index is 0.198. The Morgan fingerprint density at radius 1 is 0.791 bits per heavy atom. The van der Waals surface area contributed by atoms with E-state index in [0.717, 1.165) is 30.0 Å². The molecule has 0 aromatic heterocycles. The molecule has 4 rings (SSSR count). The van der Waals surface area contributed by atoms with Crippen LogP contribution in [0.5, 0.6) is 0 Å². The molecule has 2 saturated heterocycles.